The number of anilines is 1. The Hall–Kier alpha value is -2.37. The highest BCUT2D eigenvalue weighted by Gasteiger charge is 2.56. The highest BCUT2D eigenvalue weighted by atomic mass is 16.5. The zero-order valence-corrected chi connectivity index (χ0v) is 13.5. The van der Waals surface area contributed by atoms with Crippen molar-refractivity contribution < 1.29 is 19.1 Å². The van der Waals surface area contributed by atoms with Crippen LogP contribution in [0.1, 0.15) is 43.0 Å². The Labute approximate surface area is 135 Å². The van der Waals surface area contributed by atoms with Crippen LogP contribution in [0.3, 0.4) is 0 Å². The quantitative estimate of drug-likeness (QED) is 0.458. The molecule has 1 aliphatic carbocycles. The van der Waals surface area contributed by atoms with Gasteiger partial charge in [0.05, 0.1) is 12.7 Å². The summed E-state index contributed by atoms with van der Waals surface area (Å²) in [5.74, 6) is -1.01. The number of nitrogens with one attached hydrogen (secondary N) is 2. The summed E-state index contributed by atoms with van der Waals surface area (Å²) in [5.41, 5.74) is -0.136. The Balaban J connectivity index is 2.01. The third kappa shape index (κ3) is 3.88. The fourth-order valence-electron chi connectivity index (χ4n) is 2.32. The average molecular weight is 318 g/mol. The summed E-state index contributed by atoms with van der Waals surface area (Å²) in [6, 6.07) is 6.47. The fourth-order valence-corrected chi connectivity index (χ4v) is 2.32. The number of esters is 1. The first-order valence-electron chi connectivity index (χ1n) is 7.81. The second-order valence-electron chi connectivity index (χ2n) is 5.72. The van der Waals surface area contributed by atoms with E-state index in [4.69, 9.17) is 0 Å². The van der Waals surface area contributed by atoms with Gasteiger partial charge in [-0.15, -0.1) is 0 Å². The van der Waals surface area contributed by atoms with Crippen molar-refractivity contribution in [1.29, 1.82) is 0 Å². The van der Waals surface area contributed by atoms with Crippen molar-refractivity contribution in [1.82, 2.24) is 5.32 Å². The van der Waals surface area contributed by atoms with Gasteiger partial charge in [-0.2, -0.15) is 0 Å². The molecule has 2 amide bonds. The lowest BCUT2D eigenvalue weighted by Crippen LogP contribution is -2.40. The van der Waals surface area contributed by atoms with Crippen LogP contribution < -0.4 is 10.6 Å². The molecule has 0 bridgehead atoms. The third-order valence-electron chi connectivity index (χ3n) is 3.98. The Morgan fingerprint density at radius 2 is 1.96 bits per heavy atom. The number of carbonyl (C=O) groups is 3. The van der Waals surface area contributed by atoms with Crippen molar-refractivity contribution in [2.45, 2.75) is 32.6 Å². The van der Waals surface area contributed by atoms with Gasteiger partial charge >= 0.3 is 5.97 Å². The van der Waals surface area contributed by atoms with Gasteiger partial charge in [0.25, 0.3) is 0 Å². The van der Waals surface area contributed by atoms with E-state index in [0.717, 1.165) is 12.8 Å². The van der Waals surface area contributed by atoms with Crippen LogP contribution in [-0.2, 0) is 14.3 Å². The second-order valence-corrected chi connectivity index (χ2v) is 5.72. The van der Waals surface area contributed by atoms with Crippen LogP contribution in [0.5, 0.6) is 0 Å². The minimum Gasteiger partial charge on any atom is -0.465 e. The molecule has 124 valence electrons. The molecule has 1 saturated carbocycles. The molecule has 1 aromatic carbocycles. The van der Waals surface area contributed by atoms with Crippen LogP contribution in [0, 0.1) is 5.41 Å². The van der Waals surface area contributed by atoms with Crippen LogP contribution in [0.15, 0.2) is 24.3 Å². The number of carbonyl (C=O) groups excluding carboxylic acids is 3. The number of amides is 2. The smallest absolute Gasteiger partial charge is 0.337 e. The molecule has 0 atom stereocenters. The molecule has 0 aromatic heterocycles. The molecule has 0 unspecified atom stereocenters. The number of benzene rings is 1. The van der Waals surface area contributed by atoms with Gasteiger partial charge in [-0.05, 0) is 37.5 Å². The summed E-state index contributed by atoms with van der Waals surface area (Å²) < 4.78 is 4.65. The summed E-state index contributed by atoms with van der Waals surface area (Å²) in [6.07, 6.45) is 2.98. The minimum absolute atomic E-state index is 0.215. The molecule has 6 nitrogen and oxygen atoms in total. The maximum atomic E-state index is 12.4. The number of methoxy groups -OCH3 is 1. The normalized spacial score (nSPS) is 14.7. The van der Waals surface area contributed by atoms with Crippen molar-refractivity contribution in [3.63, 3.8) is 0 Å². The molecule has 1 aliphatic rings. The predicted molar refractivity (Wildman–Crippen MR) is 86.0 cm³/mol. The number of unbranched alkanes of at least 4 members (excludes halogenated alkanes) is 1. The van der Waals surface area contributed by atoms with Gasteiger partial charge in [0.1, 0.15) is 5.41 Å². The standard InChI is InChI=1S/C17H22N2O4/c1-3-4-10-18-15(21)17(8-9-17)16(22)19-13-7-5-6-12(11-13)14(20)23-2/h5-7,11H,3-4,8-10H2,1-2H3,(H,18,21)(H,19,22). The molecule has 1 fully saturated rings. The third-order valence-corrected chi connectivity index (χ3v) is 3.98. The van der Waals surface area contributed by atoms with Crippen molar-refractivity contribution in [3.05, 3.63) is 29.8 Å². The molecule has 23 heavy (non-hydrogen) atoms. The van der Waals surface area contributed by atoms with Crippen LogP contribution >= 0.6 is 0 Å². The van der Waals surface area contributed by atoms with Gasteiger partial charge in [0, 0.05) is 12.2 Å². The molecule has 0 spiro atoms. The van der Waals surface area contributed by atoms with Gasteiger partial charge in [-0.1, -0.05) is 19.4 Å². The second kappa shape index (κ2) is 7.26. The van der Waals surface area contributed by atoms with E-state index >= 15 is 0 Å². The topological polar surface area (TPSA) is 84.5 Å². The number of hydrogen-bond acceptors (Lipinski definition) is 4. The lowest BCUT2D eigenvalue weighted by molar-refractivity contribution is -0.134. The molecule has 0 heterocycles. The van der Waals surface area contributed by atoms with Crippen LogP contribution in [0.4, 0.5) is 5.69 Å². The van der Waals surface area contributed by atoms with E-state index in [1.807, 2.05) is 6.92 Å². The monoisotopic (exact) mass is 318 g/mol. The van der Waals surface area contributed by atoms with Crippen LogP contribution in [-0.4, -0.2) is 31.4 Å². The van der Waals surface area contributed by atoms with Gasteiger partial charge in [-0.3, -0.25) is 9.59 Å². The zero-order chi connectivity index (χ0) is 16.9. The van der Waals surface area contributed by atoms with Crippen molar-refractivity contribution >= 4 is 23.5 Å². The van der Waals surface area contributed by atoms with E-state index in [0.29, 0.717) is 30.6 Å². The summed E-state index contributed by atoms with van der Waals surface area (Å²) >= 11 is 0. The largest absolute Gasteiger partial charge is 0.465 e. The van der Waals surface area contributed by atoms with Crippen molar-refractivity contribution in [2.24, 2.45) is 5.41 Å². The summed E-state index contributed by atoms with van der Waals surface area (Å²) in [4.78, 5) is 36.2. The summed E-state index contributed by atoms with van der Waals surface area (Å²) in [7, 11) is 1.30. The Morgan fingerprint density at radius 3 is 2.57 bits per heavy atom. The molecule has 0 aliphatic heterocycles. The van der Waals surface area contributed by atoms with E-state index in [2.05, 4.69) is 15.4 Å². The number of hydrogen-bond donors (Lipinski definition) is 2. The molecule has 6 heteroatoms. The van der Waals surface area contributed by atoms with E-state index in [1.165, 1.54) is 13.2 Å². The fraction of sp³-hybridized carbons (Fsp3) is 0.471. The van der Waals surface area contributed by atoms with Gasteiger partial charge in [0.2, 0.25) is 11.8 Å². The minimum atomic E-state index is -0.963. The first-order valence-corrected chi connectivity index (χ1v) is 7.81. The van der Waals surface area contributed by atoms with Crippen LogP contribution in [0.2, 0.25) is 0 Å². The summed E-state index contributed by atoms with van der Waals surface area (Å²) in [6.45, 7) is 2.63. The van der Waals surface area contributed by atoms with Gasteiger partial charge in [-0.25, -0.2) is 4.79 Å². The van der Waals surface area contributed by atoms with E-state index in [-0.39, 0.29) is 11.8 Å². The number of rotatable bonds is 7. The SMILES string of the molecule is CCCCNC(=O)C1(C(=O)Nc2cccc(C(=O)OC)c2)CC1. The molecule has 0 saturated heterocycles. The molecule has 2 N–H and O–H groups in total. The van der Waals surface area contributed by atoms with E-state index in [9.17, 15) is 14.4 Å². The molecular formula is C17H22N2O4. The lowest BCUT2D eigenvalue weighted by atomic mass is 10.0. The van der Waals surface area contributed by atoms with Crippen molar-refractivity contribution in [2.75, 3.05) is 19.0 Å². The lowest BCUT2D eigenvalue weighted by Gasteiger charge is -2.15. The summed E-state index contributed by atoms with van der Waals surface area (Å²) in [5, 5.41) is 5.55. The van der Waals surface area contributed by atoms with Crippen molar-refractivity contribution in [3.8, 4) is 0 Å². The molecule has 0 radical (unpaired) electrons. The molecular weight excluding hydrogens is 296 g/mol. The Kier molecular flexibility index (Phi) is 5.36. The Bertz CT molecular complexity index is 608. The number of ether oxygens (including phenoxy) is 1. The highest BCUT2D eigenvalue weighted by molar-refractivity contribution is 6.13. The maximum Gasteiger partial charge on any atom is 0.337 e. The maximum absolute atomic E-state index is 12.4. The average Bonchev–Trinajstić information content (AvgIpc) is 3.36. The van der Waals surface area contributed by atoms with Gasteiger partial charge in [0.15, 0.2) is 0 Å². The first kappa shape index (κ1) is 17.0. The first-order chi connectivity index (χ1) is 11.0. The molecule has 1 aromatic rings. The highest BCUT2D eigenvalue weighted by Crippen LogP contribution is 2.46. The van der Waals surface area contributed by atoms with E-state index in [1.54, 1.807) is 18.2 Å². The van der Waals surface area contributed by atoms with Gasteiger partial charge < -0.3 is 15.4 Å². The van der Waals surface area contributed by atoms with Crippen LogP contribution in [0.25, 0.3) is 0 Å². The molecule has 2 rings (SSSR count). The zero-order valence-electron chi connectivity index (χ0n) is 13.5. The Morgan fingerprint density at radius 1 is 1.22 bits per heavy atom. The predicted octanol–water partition coefficient (Wildman–Crippen LogP) is 2.11. The van der Waals surface area contributed by atoms with E-state index < -0.39 is 11.4 Å².